The Morgan fingerprint density at radius 3 is 2.57 bits per heavy atom. The van der Waals surface area contributed by atoms with Crippen LogP contribution in [0.2, 0.25) is 0 Å². The molecule has 0 aliphatic carbocycles. The molecule has 0 aliphatic rings. The van der Waals surface area contributed by atoms with Gasteiger partial charge in [-0.1, -0.05) is 0 Å². The number of benzene rings is 1. The van der Waals surface area contributed by atoms with Gasteiger partial charge in [0.2, 0.25) is 5.91 Å². The molecule has 0 fully saturated rings. The Morgan fingerprint density at radius 2 is 1.95 bits per heavy atom. The topological polar surface area (TPSA) is 65.4 Å². The molecule has 0 aliphatic heterocycles. The Labute approximate surface area is 123 Å². The van der Waals surface area contributed by atoms with E-state index in [-0.39, 0.29) is 12.5 Å². The second kappa shape index (κ2) is 7.94. The molecule has 0 saturated carbocycles. The SMILES string of the molecule is CCOc1ccc(OCCNC(=O)Cn2ccnc2)cc1. The van der Waals surface area contributed by atoms with Gasteiger partial charge in [-0.05, 0) is 31.2 Å². The monoisotopic (exact) mass is 289 g/mol. The summed E-state index contributed by atoms with van der Waals surface area (Å²) in [4.78, 5) is 15.5. The van der Waals surface area contributed by atoms with E-state index in [1.165, 1.54) is 0 Å². The summed E-state index contributed by atoms with van der Waals surface area (Å²) in [6.45, 7) is 3.73. The first-order chi connectivity index (χ1) is 10.3. The van der Waals surface area contributed by atoms with Crippen molar-refractivity contribution in [3.05, 3.63) is 43.0 Å². The molecule has 1 N–H and O–H groups in total. The van der Waals surface area contributed by atoms with Gasteiger partial charge in [0, 0.05) is 12.4 Å². The Hall–Kier alpha value is -2.50. The number of carbonyl (C=O) groups is 1. The zero-order valence-electron chi connectivity index (χ0n) is 12.0. The smallest absolute Gasteiger partial charge is 0.240 e. The van der Waals surface area contributed by atoms with Crippen LogP contribution in [-0.4, -0.2) is 35.2 Å². The summed E-state index contributed by atoms with van der Waals surface area (Å²) in [6, 6.07) is 7.41. The summed E-state index contributed by atoms with van der Waals surface area (Å²) in [7, 11) is 0. The van der Waals surface area contributed by atoms with Crippen molar-refractivity contribution in [1.82, 2.24) is 14.9 Å². The zero-order valence-corrected chi connectivity index (χ0v) is 12.0. The molecule has 21 heavy (non-hydrogen) atoms. The number of rotatable bonds is 8. The van der Waals surface area contributed by atoms with Crippen LogP contribution in [0.4, 0.5) is 0 Å². The van der Waals surface area contributed by atoms with Crippen LogP contribution >= 0.6 is 0 Å². The van der Waals surface area contributed by atoms with Gasteiger partial charge in [0.15, 0.2) is 0 Å². The highest BCUT2D eigenvalue weighted by atomic mass is 16.5. The van der Waals surface area contributed by atoms with Gasteiger partial charge >= 0.3 is 0 Å². The first-order valence-corrected chi connectivity index (χ1v) is 6.86. The average Bonchev–Trinajstić information content (AvgIpc) is 2.98. The summed E-state index contributed by atoms with van der Waals surface area (Å²) in [5, 5.41) is 2.79. The Bertz CT molecular complexity index is 538. The average molecular weight is 289 g/mol. The largest absolute Gasteiger partial charge is 0.494 e. The van der Waals surface area contributed by atoms with Crippen molar-refractivity contribution in [2.24, 2.45) is 0 Å². The molecule has 6 nitrogen and oxygen atoms in total. The van der Waals surface area contributed by atoms with Gasteiger partial charge in [-0.3, -0.25) is 4.79 Å². The molecular formula is C15H19N3O3. The van der Waals surface area contributed by atoms with Gasteiger partial charge in [-0.25, -0.2) is 4.98 Å². The van der Waals surface area contributed by atoms with Gasteiger partial charge in [0.25, 0.3) is 0 Å². The van der Waals surface area contributed by atoms with Crippen molar-refractivity contribution in [1.29, 1.82) is 0 Å². The first kappa shape index (κ1) is 14.9. The molecule has 2 aromatic rings. The lowest BCUT2D eigenvalue weighted by atomic mass is 10.3. The Balaban J connectivity index is 1.63. The molecule has 2 rings (SSSR count). The van der Waals surface area contributed by atoms with E-state index in [4.69, 9.17) is 9.47 Å². The maximum atomic E-state index is 11.6. The molecule has 0 spiro atoms. The molecule has 0 atom stereocenters. The fraction of sp³-hybridized carbons (Fsp3) is 0.333. The molecular weight excluding hydrogens is 270 g/mol. The number of amides is 1. The number of imidazole rings is 1. The van der Waals surface area contributed by atoms with Gasteiger partial charge in [-0.15, -0.1) is 0 Å². The predicted octanol–water partition coefficient (Wildman–Crippen LogP) is 1.48. The van der Waals surface area contributed by atoms with Gasteiger partial charge < -0.3 is 19.4 Å². The molecule has 1 aromatic heterocycles. The predicted molar refractivity (Wildman–Crippen MR) is 78.3 cm³/mol. The van der Waals surface area contributed by atoms with Crippen molar-refractivity contribution >= 4 is 5.91 Å². The first-order valence-electron chi connectivity index (χ1n) is 6.86. The summed E-state index contributed by atoms with van der Waals surface area (Å²) in [6.07, 6.45) is 4.99. The van der Waals surface area contributed by atoms with Crippen LogP contribution in [0.1, 0.15) is 6.92 Å². The van der Waals surface area contributed by atoms with Crippen LogP contribution < -0.4 is 14.8 Å². The third-order valence-electron chi connectivity index (χ3n) is 2.71. The van der Waals surface area contributed by atoms with E-state index in [1.807, 2.05) is 31.2 Å². The third kappa shape index (κ3) is 5.18. The maximum absolute atomic E-state index is 11.6. The van der Waals surface area contributed by atoms with E-state index >= 15 is 0 Å². The van der Waals surface area contributed by atoms with Crippen molar-refractivity contribution in [2.45, 2.75) is 13.5 Å². The van der Waals surface area contributed by atoms with Gasteiger partial charge in [0.1, 0.15) is 24.7 Å². The van der Waals surface area contributed by atoms with Gasteiger partial charge in [0.05, 0.1) is 19.5 Å². The van der Waals surface area contributed by atoms with Crippen LogP contribution in [0, 0.1) is 0 Å². The van der Waals surface area contributed by atoms with Crippen LogP contribution in [0.5, 0.6) is 11.5 Å². The molecule has 0 radical (unpaired) electrons. The number of nitrogens with zero attached hydrogens (tertiary/aromatic N) is 2. The van der Waals surface area contributed by atoms with Crippen molar-refractivity contribution in [3.8, 4) is 11.5 Å². The standard InChI is InChI=1S/C15H19N3O3/c1-2-20-13-3-5-14(6-4-13)21-10-8-17-15(19)11-18-9-7-16-12-18/h3-7,9,12H,2,8,10-11H2,1H3,(H,17,19). The fourth-order valence-electron chi connectivity index (χ4n) is 1.76. The van der Waals surface area contributed by atoms with E-state index in [1.54, 1.807) is 23.3 Å². The Morgan fingerprint density at radius 1 is 1.24 bits per heavy atom. The van der Waals surface area contributed by atoms with E-state index in [0.29, 0.717) is 19.8 Å². The number of aromatic nitrogens is 2. The summed E-state index contributed by atoms with van der Waals surface area (Å²) in [5.41, 5.74) is 0. The molecule has 0 bridgehead atoms. The fourth-order valence-corrected chi connectivity index (χ4v) is 1.76. The highest BCUT2D eigenvalue weighted by Gasteiger charge is 2.01. The molecule has 1 amide bonds. The van der Waals surface area contributed by atoms with Crippen LogP contribution in [0.25, 0.3) is 0 Å². The van der Waals surface area contributed by atoms with Gasteiger partial charge in [-0.2, -0.15) is 0 Å². The lowest BCUT2D eigenvalue weighted by Crippen LogP contribution is -2.30. The number of hydrogen-bond acceptors (Lipinski definition) is 4. The van der Waals surface area contributed by atoms with Crippen LogP contribution in [-0.2, 0) is 11.3 Å². The van der Waals surface area contributed by atoms with Crippen LogP contribution in [0.3, 0.4) is 0 Å². The number of ether oxygens (including phenoxy) is 2. The normalized spacial score (nSPS) is 10.1. The quantitative estimate of drug-likeness (QED) is 0.748. The molecule has 0 saturated heterocycles. The lowest BCUT2D eigenvalue weighted by Gasteiger charge is -2.09. The van der Waals surface area contributed by atoms with Crippen molar-refractivity contribution in [3.63, 3.8) is 0 Å². The minimum atomic E-state index is -0.0664. The second-order valence-corrected chi connectivity index (χ2v) is 4.34. The summed E-state index contributed by atoms with van der Waals surface area (Å²) >= 11 is 0. The lowest BCUT2D eigenvalue weighted by molar-refractivity contribution is -0.121. The number of hydrogen-bond donors (Lipinski definition) is 1. The Kier molecular flexibility index (Phi) is 5.63. The zero-order chi connectivity index (χ0) is 14.9. The summed E-state index contributed by atoms with van der Waals surface area (Å²) in [5.74, 6) is 1.50. The molecule has 1 heterocycles. The highest BCUT2D eigenvalue weighted by molar-refractivity contribution is 5.75. The van der Waals surface area contributed by atoms with Crippen LogP contribution in [0.15, 0.2) is 43.0 Å². The molecule has 6 heteroatoms. The minimum Gasteiger partial charge on any atom is -0.494 e. The third-order valence-corrected chi connectivity index (χ3v) is 2.71. The minimum absolute atomic E-state index is 0.0664. The van der Waals surface area contributed by atoms with E-state index < -0.39 is 0 Å². The van der Waals surface area contributed by atoms with E-state index in [9.17, 15) is 4.79 Å². The maximum Gasteiger partial charge on any atom is 0.240 e. The van der Waals surface area contributed by atoms with E-state index in [0.717, 1.165) is 11.5 Å². The van der Waals surface area contributed by atoms with Crippen molar-refractivity contribution in [2.75, 3.05) is 19.8 Å². The second-order valence-electron chi connectivity index (χ2n) is 4.34. The molecule has 0 unspecified atom stereocenters. The molecule has 1 aromatic carbocycles. The number of carbonyl (C=O) groups excluding carboxylic acids is 1. The van der Waals surface area contributed by atoms with E-state index in [2.05, 4.69) is 10.3 Å². The highest BCUT2D eigenvalue weighted by Crippen LogP contribution is 2.17. The molecule has 112 valence electrons. The van der Waals surface area contributed by atoms with Crippen molar-refractivity contribution < 1.29 is 14.3 Å². The summed E-state index contributed by atoms with van der Waals surface area (Å²) < 4.78 is 12.6. The number of nitrogens with one attached hydrogen (secondary N) is 1.